The SMILES string of the molecule is Cc1cc(NC(=O)CO/N=C(\N)c2ccc(F)cc2)ccc1Br. The molecule has 0 aliphatic rings. The van der Waals surface area contributed by atoms with Gasteiger partial charge in [-0.2, -0.15) is 0 Å². The lowest BCUT2D eigenvalue weighted by Gasteiger charge is -2.07. The fourth-order valence-corrected chi connectivity index (χ4v) is 2.00. The molecule has 0 heterocycles. The second-order valence-electron chi connectivity index (χ2n) is 4.77. The van der Waals surface area contributed by atoms with E-state index >= 15 is 0 Å². The summed E-state index contributed by atoms with van der Waals surface area (Å²) in [6, 6.07) is 10.9. The molecule has 2 aromatic rings. The van der Waals surface area contributed by atoms with Gasteiger partial charge in [-0.05, 0) is 55.0 Å². The van der Waals surface area contributed by atoms with Crippen molar-refractivity contribution >= 4 is 33.4 Å². The number of nitrogens with one attached hydrogen (secondary N) is 1. The van der Waals surface area contributed by atoms with Gasteiger partial charge < -0.3 is 15.9 Å². The Hall–Kier alpha value is -2.41. The summed E-state index contributed by atoms with van der Waals surface area (Å²) in [4.78, 5) is 16.7. The summed E-state index contributed by atoms with van der Waals surface area (Å²) in [5.74, 6) is -0.661. The van der Waals surface area contributed by atoms with Gasteiger partial charge in [0.15, 0.2) is 12.4 Å². The maximum atomic E-state index is 12.8. The third-order valence-corrected chi connectivity index (χ3v) is 3.83. The van der Waals surface area contributed by atoms with Gasteiger partial charge in [-0.1, -0.05) is 21.1 Å². The van der Waals surface area contributed by atoms with E-state index in [4.69, 9.17) is 10.6 Å². The van der Waals surface area contributed by atoms with E-state index in [-0.39, 0.29) is 24.2 Å². The van der Waals surface area contributed by atoms with Crippen LogP contribution in [0.1, 0.15) is 11.1 Å². The minimum Gasteiger partial charge on any atom is -0.384 e. The zero-order valence-corrected chi connectivity index (χ0v) is 13.9. The Bertz CT molecular complexity index is 733. The number of oxime groups is 1. The monoisotopic (exact) mass is 379 g/mol. The summed E-state index contributed by atoms with van der Waals surface area (Å²) in [7, 11) is 0. The molecule has 0 saturated carbocycles. The minimum absolute atomic E-state index is 0.0669. The molecular weight excluding hydrogens is 365 g/mol. The van der Waals surface area contributed by atoms with Crippen molar-refractivity contribution < 1.29 is 14.0 Å². The van der Waals surface area contributed by atoms with Crippen molar-refractivity contribution in [2.24, 2.45) is 10.9 Å². The van der Waals surface area contributed by atoms with E-state index in [9.17, 15) is 9.18 Å². The predicted octanol–water partition coefficient (Wildman–Crippen LogP) is 3.17. The number of rotatable bonds is 5. The minimum atomic E-state index is -0.369. The number of amidine groups is 1. The lowest BCUT2D eigenvalue weighted by atomic mass is 10.2. The van der Waals surface area contributed by atoms with E-state index < -0.39 is 0 Å². The molecule has 0 unspecified atom stereocenters. The Balaban J connectivity index is 1.87. The second-order valence-corrected chi connectivity index (χ2v) is 5.62. The van der Waals surface area contributed by atoms with Crippen molar-refractivity contribution in [3.63, 3.8) is 0 Å². The number of nitrogens with zero attached hydrogens (tertiary/aromatic N) is 1. The molecular formula is C16H15BrFN3O2. The molecule has 0 radical (unpaired) electrons. The van der Waals surface area contributed by atoms with E-state index in [1.165, 1.54) is 24.3 Å². The van der Waals surface area contributed by atoms with Crippen LogP contribution >= 0.6 is 15.9 Å². The molecule has 7 heteroatoms. The molecule has 0 spiro atoms. The number of nitrogens with two attached hydrogens (primary N) is 1. The largest absolute Gasteiger partial charge is 0.384 e. The summed E-state index contributed by atoms with van der Waals surface area (Å²) in [6.07, 6.45) is 0. The molecule has 5 nitrogen and oxygen atoms in total. The first-order valence-electron chi connectivity index (χ1n) is 6.73. The van der Waals surface area contributed by atoms with Gasteiger partial charge in [0.25, 0.3) is 5.91 Å². The van der Waals surface area contributed by atoms with Crippen LogP contribution in [-0.2, 0) is 9.63 Å². The summed E-state index contributed by atoms with van der Waals surface area (Å²) in [5, 5.41) is 6.33. The molecule has 0 aromatic heterocycles. The maximum Gasteiger partial charge on any atom is 0.265 e. The quantitative estimate of drug-likeness (QED) is 0.475. The van der Waals surface area contributed by atoms with Crippen LogP contribution in [0, 0.1) is 12.7 Å². The fourth-order valence-electron chi connectivity index (χ4n) is 1.75. The number of benzene rings is 2. The Morgan fingerprint density at radius 2 is 2.00 bits per heavy atom. The number of aryl methyl sites for hydroxylation is 1. The normalized spacial score (nSPS) is 11.2. The Morgan fingerprint density at radius 3 is 2.65 bits per heavy atom. The summed E-state index contributed by atoms with van der Waals surface area (Å²) >= 11 is 3.39. The summed E-state index contributed by atoms with van der Waals surface area (Å²) in [6.45, 7) is 1.64. The van der Waals surface area contributed by atoms with E-state index in [1.807, 2.05) is 19.1 Å². The van der Waals surface area contributed by atoms with Gasteiger partial charge in [-0.15, -0.1) is 0 Å². The third-order valence-electron chi connectivity index (χ3n) is 2.94. The second kappa shape index (κ2) is 7.73. The van der Waals surface area contributed by atoms with Crippen LogP contribution in [0.2, 0.25) is 0 Å². The average molecular weight is 380 g/mol. The summed E-state index contributed by atoms with van der Waals surface area (Å²) < 4.78 is 13.8. The fraction of sp³-hybridized carbons (Fsp3) is 0.125. The highest BCUT2D eigenvalue weighted by Crippen LogP contribution is 2.19. The molecule has 120 valence electrons. The average Bonchev–Trinajstić information content (AvgIpc) is 2.51. The molecule has 0 aliphatic heterocycles. The number of hydrogen-bond donors (Lipinski definition) is 2. The smallest absolute Gasteiger partial charge is 0.265 e. The molecule has 23 heavy (non-hydrogen) atoms. The van der Waals surface area contributed by atoms with Crippen LogP contribution in [0.5, 0.6) is 0 Å². The highest BCUT2D eigenvalue weighted by molar-refractivity contribution is 9.10. The molecule has 2 aromatic carbocycles. The maximum absolute atomic E-state index is 12.8. The molecule has 3 N–H and O–H groups in total. The van der Waals surface area contributed by atoms with Gasteiger partial charge in [0, 0.05) is 15.7 Å². The van der Waals surface area contributed by atoms with E-state index in [0.717, 1.165) is 10.0 Å². The first-order valence-corrected chi connectivity index (χ1v) is 7.52. The van der Waals surface area contributed by atoms with Crippen molar-refractivity contribution in [3.05, 3.63) is 63.9 Å². The van der Waals surface area contributed by atoms with Crippen LogP contribution < -0.4 is 11.1 Å². The van der Waals surface area contributed by atoms with Gasteiger partial charge in [0.05, 0.1) is 0 Å². The molecule has 0 saturated heterocycles. The van der Waals surface area contributed by atoms with Crippen LogP contribution in [0.3, 0.4) is 0 Å². The Morgan fingerprint density at radius 1 is 1.30 bits per heavy atom. The van der Waals surface area contributed by atoms with Gasteiger partial charge in [0.1, 0.15) is 5.82 Å². The molecule has 0 fully saturated rings. The zero-order chi connectivity index (χ0) is 16.8. The Labute approximate surface area is 141 Å². The third kappa shape index (κ3) is 5.07. The first kappa shape index (κ1) is 17.0. The van der Waals surface area contributed by atoms with E-state index in [0.29, 0.717) is 11.3 Å². The first-order chi connectivity index (χ1) is 11.0. The van der Waals surface area contributed by atoms with Crippen molar-refractivity contribution in [1.29, 1.82) is 0 Å². The number of carbonyl (C=O) groups is 1. The lowest BCUT2D eigenvalue weighted by molar-refractivity contribution is -0.120. The van der Waals surface area contributed by atoms with Gasteiger partial charge in [-0.3, -0.25) is 4.79 Å². The zero-order valence-electron chi connectivity index (χ0n) is 12.3. The summed E-state index contributed by atoms with van der Waals surface area (Å²) in [5.41, 5.74) is 7.86. The van der Waals surface area contributed by atoms with Crippen molar-refractivity contribution in [2.75, 3.05) is 11.9 Å². The Kier molecular flexibility index (Phi) is 5.70. The number of anilines is 1. The van der Waals surface area contributed by atoms with Gasteiger partial charge in [0.2, 0.25) is 0 Å². The van der Waals surface area contributed by atoms with Crippen molar-refractivity contribution in [1.82, 2.24) is 0 Å². The number of amides is 1. The van der Waals surface area contributed by atoms with Crippen LogP contribution in [0.15, 0.2) is 52.1 Å². The van der Waals surface area contributed by atoms with Crippen molar-refractivity contribution in [2.45, 2.75) is 6.92 Å². The molecule has 0 aliphatic carbocycles. The number of carbonyl (C=O) groups excluding carboxylic acids is 1. The van der Waals surface area contributed by atoms with Gasteiger partial charge in [-0.25, -0.2) is 4.39 Å². The van der Waals surface area contributed by atoms with Crippen LogP contribution in [0.25, 0.3) is 0 Å². The van der Waals surface area contributed by atoms with E-state index in [1.54, 1.807) is 6.07 Å². The molecule has 1 amide bonds. The van der Waals surface area contributed by atoms with Gasteiger partial charge >= 0.3 is 0 Å². The molecule has 2 rings (SSSR count). The van der Waals surface area contributed by atoms with Crippen LogP contribution in [0.4, 0.5) is 10.1 Å². The highest BCUT2D eigenvalue weighted by atomic mass is 79.9. The highest BCUT2D eigenvalue weighted by Gasteiger charge is 2.05. The van der Waals surface area contributed by atoms with Crippen LogP contribution in [-0.4, -0.2) is 18.3 Å². The lowest BCUT2D eigenvalue weighted by Crippen LogP contribution is -2.19. The number of halogens is 2. The predicted molar refractivity (Wildman–Crippen MR) is 90.6 cm³/mol. The topological polar surface area (TPSA) is 76.7 Å². The number of hydrogen-bond acceptors (Lipinski definition) is 3. The van der Waals surface area contributed by atoms with Crippen molar-refractivity contribution in [3.8, 4) is 0 Å². The molecule has 0 atom stereocenters. The molecule has 0 bridgehead atoms. The van der Waals surface area contributed by atoms with E-state index in [2.05, 4.69) is 26.4 Å². The standard InChI is InChI=1S/C16H15BrFN3O2/c1-10-8-13(6-7-14(10)17)20-15(22)9-23-21-16(19)11-2-4-12(18)5-3-11/h2-8H,9H2,1H3,(H2,19,21)(H,20,22).